The molecule has 4 fully saturated rings. The summed E-state index contributed by atoms with van der Waals surface area (Å²) in [6, 6.07) is 11.0. The number of amides is 1. The first-order valence-corrected chi connectivity index (χ1v) is 13.6. The maximum Gasteiger partial charge on any atom is 0.255 e. The summed E-state index contributed by atoms with van der Waals surface area (Å²) in [4.78, 5) is 20.5. The normalized spacial score (nSPS) is 25.5. The lowest BCUT2D eigenvalue weighted by Gasteiger charge is -2.27. The van der Waals surface area contributed by atoms with Gasteiger partial charge in [0.1, 0.15) is 11.3 Å². The Balaban J connectivity index is 1.20. The number of rotatable bonds is 5. The fraction of sp³-hybridized carbons (Fsp3) is 0.483. The number of fused-ring (bicyclic) bond motifs is 4. The highest BCUT2D eigenvalue weighted by Crippen LogP contribution is 2.41. The molecular weight excluding hydrogens is 448 g/mol. The van der Waals surface area contributed by atoms with E-state index in [1.54, 1.807) is 0 Å². The van der Waals surface area contributed by atoms with Crippen LogP contribution in [-0.2, 0) is 6.54 Å². The number of nitrogens with two attached hydrogens (primary N) is 1. The molecule has 7 heteroatoms. The second-order valence-electron chi connectivity index (χ2n) is 11.7. The molecule has 3 atom stereocenters. The average molecular weight is 481 g/mol. The Morgan fingerprint density at radius 1 is 1.08 bits per heavy atom. The second-order valence-corrected chi connectivity index (χ2v) is 11.7. The zero-order valence-electron chi connectivity index (χ0n) is 20.7. The van der Waals surface area contributed by atoms with Gasteiger partial charge >= 0.3 is 0 Å². The fourth-order valence-corrected chi connectivity index (χ4v) is 6.68. The van der Waals surface area contributed by atoms with Crippen LogP contribution in [0.25, 0.3) is 27.9 Å². The van der Waals surface area contributed by atoms with Crippen molar-refractivity contribution in [2.75, 3.05) is 6.54 Å². The van der Waals surface area contributed by atoms with Gasteiger partial charge in [-0.3, -0.25) is 4.79 Å². The predicted molar refractivity (Wildman–Crippen MR) is 139 cm³/mol. The van der Waals surface area contributed by atoms with Gasteiger partial charge < -0.3 is 15.2 Å². The van der Waals surface area contributed by atoms with Crippen LogP contribution in [0.1, 0.15) is 66.1 Å². The molecule has 3 saturated carbocycles. The maximum absolute atomic E-state index is 13.4. The summed E-state index contributed by atoms with van der Waals surface area (Å²) in [5.74, 6) is 1.89. The number of pyridine rings is 2. The van der Waals surface area contributed by atoms with E-state index in [-0.39, 0.29) is 18.0 Å². The van der Waals surface area contributed by atoms with Crippen LogP contribution >= 0.6 is 0 Å². The van der Waals surface area contributed by atoms with Gasteiger partial charge in [0.25, 0.3) is 5.91 Å². The molecule has 36 heavy (non-hydrogen) atoms. The number of aryl methyl sites for hydroxylation is 1. The van der Waals surface area contributed by atoms with Crippen molar-refractivity contribution < 1.29 is 4.79 Å². The van der Waals surface area contributed by atoms with Crippen LogP contribution in [-0.4, -0.2) is 48.6 Å². The van der Waals surface area contributed by atoms with Crippen molar-refractivity contribution in [3.63, 3.8) is 0 Å². The van der Waals surface area contributed by atoms with Crippen molar-refractivity contribution in [3.8, 4) is 11.4 Å². The summed E-state index contributed by atoms with van der Waals surface area (Å²) in [5.41, 5.74) is 13.7. The van der Waals surface area contributed by atoms with E-state index in [9.17, 15) is 4.79 Å². The molecule has 0 aromatic carbocycles. The number of likely N-dealkylation sites (tertiary alicyclic amines) is 1. The quantitative estimate of drug-likeness (QED) is 0.456. The van der Waals surface area contributed by atoms with E-state index >= 15 is 0 Å². The molecule has 0 radical (unpaired) electrons. The average Bonchev–Trinajstić information content (AvgIpc) is 3.80. The minimum atomic E-state index is 0.0777. The highest BCUT2D eigenvalue weighted by atomic mass is 16.2. The van der Waals surface area contributed by atoms with E-state index in [1.165, 1.54) is 36.8 Å². The summed E-state index contributed by atoms with van der Waals surface area (Å²) >= 11 is 0. The Hall–Kier alpha value is -3.19. The van der Waals surface area contributed by atoms with Crippen LogP contribution in [0, 0.1) is 18.8 Å². The van der Waals surface area contributed by atoms with Crippen LogP contribution in [0.15, 0.2) is 36.5 Å². The molecule has 1 aliphatic heterocycles. The molecule has 2 unspecified atom stereocenters. The lowest BCUT2D eigenvalue weighted by atomic mass is 10.1. The van der Waals surface area contributed by atoms with Gasteiger partial charge in [0.15, 0.2) is 0 Å². The summed E-state index contributed by atoms with van der Waals surface area (Å²) in [6.07, 6.45) is 9.16. The number of aromatic nitrogens is 4. The van der Waals surface area contributed by atoms with Gasteiger partial charge in [0.05, 0.1) is 16.8 Å². The first kappa shape index (κ1) is 20.9. The van der Waals surface area contributed by atoms with Gasteiger partial charge in [-0.25, -0.2) is 9.50 Å². The van der Waals surface area contributed by atoms with Crippen molar-refractivity contribution in [2.45, 2.75) is 70.0 Å². The van der Waals surface area contributed by atoms with Gasteiger partial charge in [-0.15, -0.1) is 0 Å². The summed E-state index contributed by atoms with van der Waals surface area (Å²) in [5, 5.41) is 6.22. The van der Waals surface area contributed by atoms with Crippen LogP contribution < -0.4 is 5.73 Å². The number of piperidine rings is 1. The topological polar surface area (TPSA) is 81.5 Å². The zero-order chi connectivity index (χ0) is 24.1. The molecule has 1 saturated heterocycles. The van der Waals surface area contributed by atoms with E-state index in [1.807, 2.05) is 27.7 Å². The van der Waals surface area contributed by atoms with Gasteiger partial charge in [-0.1, -0.05) is 0 Å². The standard InChI is InChI=1S/C29H32N6O/c1-16-23-10-8-21(29(36)34-14-20-7-11-24(34)26(20)30)15-35(23)32-27(16)25-12-19-6-9-22(18-4-5-18)31-28(19)33(25)13-17-2-3-17/h6,8-10,12,15,17-18,20,24,26H,2-5,7,11,13-14,30H2,1H3/t20?,24?,26-/m1/s1. The molecule has 3 aliphatic carbocycles. The maximum atomic E-state index is 13.4. The highest BCUT2D eigenvalue weighted by Gasteiger charge is 2.46. The Labute approximate surface area is 210 Å². The molecule has 2 N–H and O–H groups in total. The van der Waals surface area contributed by atoms with Crippen molar-refractivity contribution >= 4 is 22.5 Å². The molecule has 4 aliphatic rings. The van der Waals surface area contributed by atoms with Gasteiger partial charge in [-0.05, 0) is 87.6 Å². The van der Waals surface area contributed by atoms with Crippen molar-refractivity contribution in [1.29, 1.82) is 0 Å². The molecule has 7 nitrogen and oxygen atoms in total. The number of nitrogens with zero attached hydrogens (tertiary/aromatic N) is 5. The van der Waals surface area contributed by atoms with Crippen LogP contribution in [0.3, 0.4) is 0 Å². The van der Waals surface area contributed by atoms with E-state index in [0.29, 0.717) is 17.4 Å². The van der Waals surface area contributed by atoms with Crippen LogP contribution in [0.2, 0.25) is 0 Å². The lowest BCUT2D eigenvalue weighted by Crippen LogP contribution is -2.41. The first-order chi connectivity index (χ1) is 17.5. The van der Waals surface area contributed by atoms with Crippen LogP contribution in [0.5, 0.6) is 0 Å². The molecular formula is C29H32N6O. The molecule has 184 valence electrons. The molecule has 1 amide bonds. The molecule has 4 aromatic rings. The first-order valence-electron chi connectivity index (χ1n) is 13.6. The van der Waals surface area contributed by atoms with E-state index in [2.05, 4.69) is 29.7 Å². The fourth-order valence-electron chi connectivity index (χ4n) is 6.68. The summed E-state index contributed by atoms with van der Waals surface area (Å²) in [6.45, 7) is 3.91. The third-order valence-corrected chi connectivity index (χ3v) is 9.18. The predicted octanol–water partition coefficient (Wildman–Crippen LogP) is 4.51. The number of hydrogen-bond donors (Lipinski definition) is 1. The zero-order valence-corrected chi connectivity index (χ0v) is 20.7. The Morgan fingerprint density at radius 3 is 2.67 bits per heavy atom. The monoisotopic (exact) mass is 480 g/mol. The van der Waals surface area contributed by atoms with Crippen LogP contribution in [0.4, 0.5) is 0 Å². The molecule has 4 aromatic heterocycles. The number of carbonyl (C=O) groups excluding carboxylic acids is 1. The minimum absolute atomic E-state index is 0.0777. The molecule has 2 bridgehead atoms. The minimum Gasteiger partial charge on any atom is -0.334 e. The Kier molecular flexibility index (Phi) is 4.32. The van der Waals surface area contributed by atoms with E-state index in [4.69, 9.17) is 15.8 Å². The largest absolute Gasteiger partial charge is 0.334 e. The summed E-state index contributed by atoms with van der Waals surface area (Å²) < 4.78 is 4.30. The van der Waals surface area contributed by atoms with E-state index in [0.717, 1.165) is 60.0 Å². The van der Waals surface area contributed by atoms with Crippen molar-refractivity contribution in [3.05, 3.63) is 53.3 Å². The van der Waals surface area contributed by atoms with Crippen molar-refractivity contribution in [2.24, 2.45) is 17.6 Å². The van der Waals surface area contributed by atoms with Gasteiger partial charge in [-0.2, -0.15) is 5.10 Å². The van der Waals surface area contributed by atoms with Gasteiger partial charge in [0, 0.05) is 53.9 Å². The third kappa shape index (κ3) is 3.11. The second kappa shape index (κ2) is 7.42. The smallest absolute Gasteiger partial charge is 0.255 e. The number of hydrogen-bond acceptors (Lipinski definition) is 4. The Morgan fingerprint density at radius 2 is 1.94 bits per heavy atom. The number of carbonyl (C=O) groups is 1. The molecule has 8 rings (SSSR count). The third-order valence-electron chi connectivity index (χ3n) is 9.18. The molecule has 5 heterocycles. The van der Waals surface area contributed by atoms with Crippen molar-refractivity contribution in [1.82, 2.24) is 24.1 Å². The van der Waals surface area contributed by atoms with Gasteiger partial charge in [0.2, 0.25) is 0 Å². The van der Waals surface area contributed by atoms with E-state index < -0.39 is 0 Å². The SMILES string of the molecule is Cc1c(-c2cc3ccc(C4CC4)nc3n2CC2CC2)nn2cc(C(=O)N3CC4CCC3[C@@H]4N)ccc12. The summed E-state index contributed by atoms with van der Waals surface area (Å²) in [7, 11) is 0. The highest BCUT2D eigenvalue weighted by molar-refractivity contribution is 5.95. The Bertz CT molecular complexity index is 1540. The lowest BCUT2D eigenvalue weighted by molar-refractivity contribution is 0.0700. The molecule has 0 spiro atoms.